The molecule has 0 radical (unpaired) electrons. The second kappa shape index (κ2) is 6.53. The van der Waals surface area contributed by atoms with Gasteiger partial charge in [-0.1, -0.05) is 30.3 Å². The first-order valence-electron chi connectivity index (χ1n) is 8.68. The average molecular weight is 377 g/mol. The number of methoxy groups -OCH3 is 2. The van der Waals surface area contributed by atoms with Gasteiger partial charge in [-0.05, 0) is 0 Å². The molecule has 0 unspecified atom stereocenters. The maximum absolute atomic E-state index is 13.1. The Morgan fingerprint density at radius 3 is 2.25 bits per heavy atom. The molecule has 0 saturated carbocycles. The highest BCUT2D eigenvalue weighted by Crippen LogP contribution is 2.37. The lowest BCUT2D eigenvalue weighted by Crippen LogP contribution is -2.37. The number of rotatable bonds is 3. The van der Waals surface area contributed by atoms with Gasteiger partial charge in [0.15, 0.2) is 0 Å². The van der Waals surface area contributed by atoms with E-state index in [1.54, 1.807) is 26.3 Å². The van der Waals surface area contributed by atoms with Gasteiger partial charge in [-0.25, -0.2) is 9.78 Å². The second-order valence-electron chi connectivity index (χ2n) is 6.48. The lowest BCUT2D eigenvalue weighted by Gasteiger charge is -2.16. The number of hydrogen-bond acceptors (Lipinski definition) is 5. The topological polar surface area (TPSA) is 75.3 Å². The summed E-state index contributed by atoms with van der Waals surface area (Å²) in [6.45, 7) is 0. The normalized spacial score (nSPS) is 11.1. The van der Waals surface area contributed by atoms with Crippen molar-refractivity contribution in [2.24, 2.45) is 14.1 Å². The highest BCUT2D eigenvalue weighted by Gasteiger charge is 2.21. The van der Waals surface area contributed by atoms with E-state index in [1.807, 2.05) is 30.3 Å². The molecule has 0 N–H and O–H groups in total. The highest BCUT2D eigenvalue weighted by atomic mass is 16.5. The Morgan fingerprint density at radius 1 is 0.893 bits per heavy atom. The zero-order valence-electron chi connectivity index (χ0n) is 16.0. The van der Waals surface area contributed by atoms with Gasteiger partial charge in [0.1, 0.15) is 11.5 Å². The van der Waals surface area contributed by atoms with Crippen LogP contribution in [0.4, 0.5) is 0 Å². The number of aryl methyl sites for hydroxylation is 1. The smallest absolute Gasteiger partial charge is 0.330 e. The summed E-state index contributed by atoms with van der Waals surface area (Å²) in [5.74, 6) is 1.05. The summed E-state index contributed by atoms with van der Waals surface area (Å²) in [6.07, 6.45) is 0. The van der Waals surface area contributed by atoms with E-state index >= 15 is 0 Å². The summed E-state index contributed by atoms with van der Waals surface area (Å²) in [4.78, 5) is 30.5. The van der Waals surface area contributed by atoms with Gasteiger partial charge in [0.25, 0.3) is 5.56 Å². The van der Waals surface area contributed by atoms with E-state index in [9.17, 15) is 9.59 Å². The van der Waals surface area contributed by atoms with Gasteiger partial charge in [0.2, 0.25) is 0 Å². The minimum absolute atomic E-state index is 0.367. The van der Waals surface area contributed by atoms with Gasteiger partial charge in [-0.2, -0.15) is 0 Å². The van der Waals surface area contributed by atoms with Crippen LogP contribution >= 0.6 is 0 Å². The molecular formula is C21H19N3O4. The molecule has 7 heteroatoms. The van der Waals surface area contributed by atoms with Crippen LogP contribution in [-0.4, -0.2) is 28.3 Å². The molecule has 0 aliphatic carbocycles. The molecule has 0 fully saturated rings. The number of fused-ring (bicyclic) bond motifs is 3. The van der Waals surface area contributed by atoms with Crippen molar-refractivity contribution in [1.82, 2.24) is 14.1 Å². The third kappa shape index (κ3) is 2.47. The summed E-state index contributed by atoms with van der Waals surface area (Å²) in [6, 6.07) is 12.9. The van der Waals surface area contributed by atoms with Crippen molar-refractivity contribution in [3.05, 3.63) is 63.3 Å². The van der Waals surface area contributed by atoms with Crippen LogP contribution in [0.1, 0.15) is 0 Å². The maximum Gasteiger partial charge on any atom is 0.330 e. The van der Waals surface area contributed by atoms with E-state index in [2.05, 4.69) is 0 Å². The molecule has 0 amide bonds. The molecule has 0 bridgehead atoms. The largest absolute Gasteiger partial charge is 0.497 e. The van der Waals surface area contributed by atoms with Gasteiger partial charge in [0.05, 0.1) is 41.7 Å². The average Bonchev–Trinajstić information content (AvgIpc) is 2.74. The van der Waals surface area contributed by atoms with E-state index in [-0.39, 0.29) is 0 Å². The molecule has 2 aromatic heterocycles. The molecule has 4 rings (SSSR count). The number of benzene rings is 2. The van der Waals surface area contributed by atoms with Crippen LogP contribution in [0.3, 0.4) is 0 Å². The van der Waals surface area contributed by atoms with Gasteiger partial charge >= 0.3 is 5.69 Å². The standard InChI is InChI=1S/C21H19N3O4/c1-23-19-16-14(10-13(27-3)11-15(16)28-4)22-18(12-8-6-5-7-9-12)17(19)20(25)24(2)21(23)26/h5-11H,1-4H3. The van der Waals surface area contributed by atoms with E-state index in [0.29, 0.717) is 39.0 Å². The molecule has 0 atom stereocenters. The molecule has 2 heterocycles. The van der Waals surface area contributed by atoms with E-state index in [0.717, 1.165) is 10.1 Å². The monoisotopic (exact) mass is 377 g/mol. The second-order valence-corrected chi connectivity index (χ2v) is 6.48. The fraction of sp³-hybridized carbons (Fsp3) is 0.190. The molecule has 0 aliphatic heterocycles. The predicted octanol–water partition coefficient (Wildman–Crippen LogP) is 2.47. The third-order valence-corrected chi connectivity index (χ3v) is 4.93. The highest BCUT2D eigenvalue weighted by molar-refractivity contribution is 6.11. The number of ether oxygens (including phenoxy) is 2. The van der Waals surface area contributed by atoms with E-state index in [1.165, 1.54) is 18.7 Å². The van der Waals surface area contributed by atoms with Crippen molar-refractivity contribution >= 4 is 21.8 Å². The van der Waals surface area contributed by atoms with Crippen LogP contribution in [0.25, 0.3) is 33.1 Å². The molecule has 0 aliphatic rings. The molecule has 0 spiro atoms. The summed E-state index contributed by atoms with van der Waals surface area (Å²) in [5, 5.41) is 0.960. The first kappa shape index (κ1) is 17.8. The van der Waals surface area contributed by atoms with Gasteiger partial charge in [-0.15, -0.1) is 0 Å². The number of nitrogens with zero attached hydrogens (tertiary/aromatic N) is 3. The molecule has 7 nitrogen and oxygen atoms in total. The number of pyridine rings is 1. The minimum Gasteiger partial charge on any atom is -0.497 e. The van der Waals surface area contributed by atoms with Crippen LogP contribution in [0.15, 0.2) is 52.1 Å². The molecule has 0 saturated heterocycles. The lowest BCUT2D eigenvalue weighted by molar-refractivity contribution is 0.398. The zero-order chi connectivity index (χ0) is 20.0. The van der Waals surface area contributed by atoms with Crippen molar-refractivity contribution in [2.45, 2.75) is 0 Å². The van der Waals surface area contributed by atoms with Crippen molar-refractivity contribution in [3.8, 4) is 22.8 Å². The van der Waals surface area contributed by atoms with Crippen molar-refractivity contribution in [1.29, 1.82) is 0 Å². The van der Waals surface area contributed by atoms with Crippen LogP contribution in [-0.2, 0) is 14.1 Å². The van der Waals surface area contributed by atoms with Crippen molar-refractivity contribution in [3.63, 3.8) is 0 Å². The Kier molecular flexibility index (Phi) is 4.15. The van der Waals surface area contributed by atoms with Gasteiger partial charge in [-0.3, -0.25) is 13.9 Å². The Labute approximate surface area is 160 Å². The fourth-order valence-electron chi connectivity index (χ4n) is 3.51. The van der Waals surface area contributed by atoms with Crippen molar-refractivity contribution in [2.75, 3.05) is 14.2 Å². The third-order valence-electron chi connectivity index (χ3n) is 4.93. The SMILES string of the molecule is COc1cc(OC)c2c(c1)nc(-c1ccccc1)c1c(=O)n(C)c(=O)n(C)c12. The number of aromatic nitrogens is 3. The van der Waals surface area contributed by atoms with Crippen LogP contribution in [0.5, 0.6) is 11.5 Å². The zero-order valence-corrected chi connectivity index (χ0v) is 16.0. The predicted molar refractivity (Wildman–Crippen MR) is 108 cm³/mol. The van der Waals surface area contributed by atoms with Gasteiger partial charge < -0.3 is 9.47 Å². The summed E-state index contributed by atoms with van der Waals surface area (Å²) in [5.41, 5.74) is 1.54. The Balaban J connectivity index is 2.37. The summed E-state index contributed by atoms with van der Waals surface area (Å²) < 4.78 is 13.5. The fourth-order valence-corrected chi connectivity index (χ4v) is 3.51. The Hall–Kier alpha value is -3.61. The lowest BCUT2D eigenvalue weighted by atomic mass is 10.0. The molecule has 2 aromatic carbocycles. The molecule has 28 heavy (non-hydrogen) atoms. The van der Waals surface area contributed by atoms with Crippen LogP contribution in [0.2, 0.25) is 0 Å². The van der Waals surface area contributed by atoms with E-state index < -0.39 is 11.2 Å². The Bertz CT molecular complexity index is 1340. The summed E-state index contributed by atoms with van der Waals surface area (Å²) in [7, 11) is 6.20. The molecular weight excluding hydrogens is 358 g/mol. The first-order chi connectivity index (χ1) is 13.5. The molecule has 142 valence electrons. The number of hydrogen-bond donors (Lipinski definition) is 0. The summed E-state index contributed by atoms with van der Waals surface area (Å²) >= 11 is 0. The molecule has 4 aromatic rings. The Morgan fingerprint density at radius 2 is 1.61 bits per heavy atom. The quantitative estimate of drug-likeness (QED) is 0.513. The van der Waals surface area contributed by atoms with Crippen molar-refractivity contribution < 1.29 is 9.47 Å². The van der Waals surface area contributed by atoms with Crippen LogP contribution in [0, 0.1) is 0 Å². The minimum atomic E-state index is -0.415. The maximum atomic E-state index is 13.1. The van der Waals surface area contributed by atoms with Crippen LogP contribution < -0.4 is 20.7 Å². The van der Waals surface area contributed by atoms with Gasteiger partial charge in [0, 0.05) is 31.8 Å². The first-order valence-corrected chi connectivity index (χ1v) is 8.68. The van der Waals surface area contributed by atoms with E-state index in [4.69, 9.17) is 14.5 Å².